The molecule has 1 rings (SSSR count). The van der Waals surface area contributed by atoms with E-state index in [1.165, 1.54) is 12.8 Å². The summed E-state index contributed by atoms with van der Waals surface area (Å²) in [6.07, 6.45) is 3.03. The predicted octanol–water partition coefficient (Wildman–Crippen LogP) is 2.37. The summed E-state index contributed by atoms with van der Waals surface area (Å²) in [5, 5.41) is 0. The smallest absolute Gasteiger partial charge is 0.0598 e. The molecule has 0 aliphatic carbocycles. The molecule has 2 heteroatoms. The van der Waals surface area contributed by atoms with Crippen LogP contribution in [0.2, 0.25) is 0 Å². The van der Waals surface area contributed by atoms with Crippen molar-refractivity contribution in [2.24, 2.45) is 11.8 Å². The summed E-state index contributed by atoms with van der Waals surface area (Å²) in [4.78, 5) is 0. The van der Waals surface area contributed by atoms with Crippen LogP contribution in [0.3, 0.4) is 0 Å². The summed E-state index contributed by atoms with van der Waals surface area (Å²) in [5.74, 6) is 2.36. The lowest BCUT2D eigenvalue weighted by molar-refractivity contribution is -0.0340. The summed E-state index contributed by atoms with van der Waals surface area (Å²) in [7, 11) is 0. The van der Waals surface area contributed by atoms with Gasteiger partial charge < -0.3 is 4.74 Å². The number of hydrogen-bond donors (Lipinski definition) is 1. The van der Waals surface area contributed by atoms with Gasteiger partial charge in [-0.1, -0.05) is 13.8 Å². The summed E-state index contributed by atoms with van der Waals surface area (Å²) in [6.45, 7) is 5.38. The Morgan fingerprint density at radius 2 is 2.18 bits per heavy atom. The molecule has 11 heavy (non-hydrogen) atoms. The van der Waals surface area contributed by atoms with Crippen LogP contribution in [0.15, 0.2) is 0 Å². The zero-order valence-corrected chi connectivity index (χ0v) is 8.31. The average molecular weight is 174 g/mol. The van der Waals surface area contributed by atoms with Gasteiger partial charge >= 0.3 is 0 Å². The maximum Gasteiger partial charge on any atom is 0.0598 e. The van der Waals surface area contributed by atoms with E-state index in [4.69, 9.17) is 4.74 Å². The van der Waals surface area contributed by atoms with Crippen molar-refractivity contribution >= 4 is 12.6 Å². The van der Waals surface area contributed by atoms with Crippen LogP contribution in [0.5, 0.6) is 0 Å². The van der Waals surface area contributed by atoms with Gasteiger partial charge in [-0.15, -0.1) is 0 Å². The molecule has 0 bridgehead atoms. The molecule has 0 N–H and O–H groups in total. The van der Waals surface area contributed by atoms with Crippen LogP contribution in [0.1, 0.15) is 26.7 Å². The van der Waals surface area contributed by atoms with Crippen molar-refractivity contribution < 1.29 is 4.74 Å². The van der Waals surface area contributed by atoms with Crippen molar-refractivity contribution in [3.63, 3.8) is 0 Å². The van der Waals surface area contributed by atoms with E-state index in [1.54, 1.807) is 0 Å². The van der Waals surface area contributed by atoms with Crippen LogP contribution in [-0.4, -0.2) is 18.5 Å². The second-order valence-electron chi connectivity index (χ2n) is 3.74. The maximum atomic E-state index is 5.69. The summed E-state index contributed by atoms with van der Waals surface area (Å²) in [6, 6.07) is 0. The van der Waals surface area contributed by atoms with Gasteiger partial charge in [0, 0.05) is 0 Å². The Bertz CT molecular complexity index is 106. The van der Waals surface area contributed by atoms with E-state index in [2.05, 4.69) is 26.5 Å². The van der Waals surface area contributed by atoms with Gasteiger partial charge in [0.25, 0.3) is 0 Å². The third-order valence-electron chi connectivity index (χ3n) is 2.41. The second-order valence-corrected chi connectivity index (χ2v) is 4.11. The van der Waals surface area contributed by atoms with Gasteiger partial charge in [-0.25, -0.2) is 0 Å². The first-order valence-corrected chi connectivity index (χ1v) is 5.09. The summed E-state index contributed by atoms with van der Waals surface area (Å²) < 4.78 is 5.69. The van der Waals surface area contributed by atoms with Crippen LogP contribution >= 0.6 is 12.6 Å². The first kappa shape index (κ1) is 9.40. The monoisotopic (exact) mass is 174 g/mol. The average Bonchev–Trinajstić information content (AvgIpc) is 2.05. The van der Waals surface area contributed by atoms with Gasteiger partial charge in [-0.3, -0.25) is 0 Å². The standard InChI is InChI=1S/C9H18OS/c1-7(2)9-4-3-8(6-11)5-10-9/h7-9,11H,3-6H2,1-2H3. The van der Waals surface area contributed by atoms with E-state index in [1.807, 2.05) is 0 Å². The molecule has 0 aromatic heterocycles. The van der Waals surface area contributed by atoms with Crippen LogP contribution < -0.4 is 0 Å². The lowest BCUT2D eigenvalue weighted by Crippen LogP contribution is -2.30. The topological polar surface area (TPSA) is 9.23 Å². The molecule has 1 aliphatic heterocycles. The van der Waals surface area contributed by atoms with Crippen molar-refractivity contribution in [3.8, 4) is 0 Å². The highest BCUT2D eigenvalue weighted by molar-refractivity contribution is 7.80. The van der Waals surface area contributed by atoms with Crippen molar-refractivity contribution in [1.29, 1.82) is 0 Å². The SMILES string of the molecule is CC(C)C1CCC(CS)CO1. The minimum Gasteiger partial charge on any atom is -0.378 e. The third-order valence-corrected chi connectivity index (χ3v) is 2.92. The Labute approximate surface area is 74.9 Å². The van der Waals surface area contributed by atoms with E-state index >= 15 is 0 Å². The van der Waals surface area contributed by atoms with Gasteiger partial charge in [-0.2, -0.15) is 12.6 Å². The van der Waals surface area contributed by atoms with E-state index in [0.717, 1.165) is 12.4 Å². The van der Waals surface area contributed by atoms with Crippen LogP contribution in [0.25, 0.3) is 0 Å². The lowest BCUT2D eigenvalue weighted by Gasteiger charge is -2.30. The Morgan fingerprint density at radius 1 is 1.45 bits per heavy atom. The molecule has 66 valence electrons. The number of thiol groups is 1. The molecule has 0 radical (unpaired) electrons. The fourth-order valence-corrected chi connectivity index (χ4v) is 1.78. The van der Waals surface area contributed by atoms with Gasteiger partial charge in [0.05, 0.1) is 12.7 Å². The largest absolute Gasteiger partial charge is 0.378 e. The van der Waals surface area contributed by atoms with Crippen molar-refractivity contribution in [1.82, 2.24) is 0 Å². The third kappa shape index (κ3) is 2.68. The minimum absolute atomic E-state index is 0.506. The molecule has 1 aliphatic rings. The van der Waals surface area contributed by atoms with Gasteiger partial charge in [-0.05, 0) is 30.4 Å². The molecule has 2 atom stereocenters. The molecule has 1 saturated heterocycles. The minimum atomic E-state index is 0.506. The van der Waals surface area contributed by atoms with Crippen molar-refractivity contribution in [2.75, 3.05) is 12.4 Å². The first-order valence-electron chi connectivity index (χ1n) is 4.46. The van der Waals surface area contributed by atoms with Crippen LogP contribution in [0.4, 0.5) is 0 Å². The predicted molar refractivity (Wildman–Crippen MR) is 51.2 cm³/mol. The summed E-state index contributed by atoms with van der Waals surface area (Å²) >= 11 is 4.26. The fourth-order valence-electron chi connectivity index (χ4n) is 1.50. The highest BCUT2D eigenvalue weighted by Crippen LogP contribution is 2.23. The molecule has 0 aromatic rings. The molecule has 1 fully saturated rings. The lowest BCUT2D eigenvalue weighted by atomic mass is 9.94. The number of ether oxygens (including phenoxy) is 1. The van der Waals surface area contributed by atoms with E-state index in [-0.39, 0.29) is 0 Å². The molecule has 0 amide bonds. The molecule has 1 heterocycles. The van der Waals surface area contributed by atoms with Crippen LogP contribution in [0, 0.1) is 11.8 Å². The first-order chi connectivity index (χ1) is 5.24. The Kier molecular flexibility index (Phi) is 3.73. The van der Waals surface area contributed by atoms with Gasteiger partial charge in [0.15, 0.2) is 0 Å². The summed E-state index contributed by atoms with van der Waals surface area (Å²) in [5.41, 5.74) is 0. The van der Waals surface area contributed by atoms with Gasteiger partial charge in [0.1, 0.15) is 0 Å². The molecule has 0 spiro atoms. The van der Waals surface area contributed by atoms with Gasteiger partial charge in [0.2, 0.25) is 0 Å². The van der Waals surface area contributed by atoms with E-state index in [9.17, 15) is 0 Å². The normalized spacial score (nSPS) is 32.7. The van der Waals surface area contributed by atoms with E-state index < -0.39 is 0 Å². The Morgan fingerprint density at radius 3 is 2.55 bits per heavy atom. The Hall–Kier alpha value is 0.310. The van der Waals surface area contributed by atoms with Crippen molar-refractivity contribution in [2.45, 2.75) is 32.8 Å². The molecular weight excluding hydrogens is 156 g/mol. The highest BCUT2D eigenvalue weighted by Gasteiger charge is 2.22. The quantitative estimate of drug-likeness (QED) is 0.632. The zero-order valence-electron chi connectivity index (χ0n) is 7.42. The molecule has 0 saturated carbocycles. The Balaban J connectivity index is 2.24. The molecule has 1 nitrogen and oxygen atoms in total. The maximum absolute atomic E-state index is 5.69. The second kappa shape index (κ2) is 4.36. The fraction of sp³-hybridized carbons (Fsp3) is 1.00. The zero-order chi connectivity index (χ0) is 8.27. The highest BCUT2D eigenvalue weighted by atomic mass is 32.1. The number of hydrogen-bond acceptors (Lipinski definition) is 2. The van der Waals surface area contributed by atoms with Crippen molar-refractivity contribution in [3.05, 3.63) is 0 Å². The molecule has 0 aromatic carbocycles. The number of rotatable bonds is 2. The molecule has 2 unspecified atom stereocenters. The van der Waals surface area contributed by atoms with Crippen LogP contribution in [-0.2, 0) is 4.74 Å². The molecular formula is C9H18OS. The van der Waals surface area contributed by atoms with E-state index in [0.29, 0.717) is 17.9 Å².